The molecule has 1 aliphatic rings. The van der Waals surface area contributed by atoms with Gasteiger partial charge in [0.15, 0.2) is 0 Å². The summed E-state index contributed by atoms with van der Waals surface area (Å²) in [4.78, 5) is 11.0. The van der Waals surface area contributed by atoms with Crippen LogP contribution < -0.4 is 10.5 Å². The molecule has 0 aliphatic carbocycles. The molecule has 1 amide bonds. The molecule has 0 aromatic rings. The first-order valence-corrected chi connectivity index (χ1v) is 4.93. The molecule has 0 spiro atoms. The molecule has 0 aromatic carbocycles. The number of quaternary nitrogens is 1. The van der Waals surface area contributed by atoms with Gasteiger partial charge in [-0.1, -0.05) is 13.0 Å². The van der Waals surface area contributed by atoms with E-state index in [4.69, 9.17) is 4.74 Å². The highest BCUT2D eigenvalue weighted by Crippen LogP contribution is 2.08. The smallest absolute Gasteiger partial charge is 0.261 e. The van der Waals surface area contributed by atoms with Gasteiger partial charge in [-0.15, -0.1) is 0 Å². The Hall–Kier alpha value is -0.650. The van der Waals surface area contributed by atoms with Gasteiger partial charge in [-0.05, 0) is 0 Å². The summed E-state index contributed by atoms with van der Waals surface area (Å²) in [6.45, 7) is 6.11. The van der Waals surface area contributed by atoms with E-state index in [1.54, 1.807) is 6.92 Å². The monoisotopic (exact) mass is 202 g/mol. The van der Waals surface area contributed by atoms with Gasteiger partial charge in [0, 0.05) is 6.92 Å². The molecule has 1 rings (SSSR count). The summed E-state index contributed by atoms with van der Waals surface area (Å²) in [5.41, 5.74) is 2.85. The molecule has 5 nitrogen and oxygen atoms in total. The fourth-order valence-electron chi connectivity index (χ4n) is 1.86. The van der Waals surface area contributed by atoms with E-state index >= 15 is 0 Å². The predicted molar refractivity (Wildman–Crippen MR) is 49.0 cm³/mol. The molecule has 5 heteroatoms. The molecule has 82 valence electrons. The lowest BCUT2D eigenvalue weighted by atomic mass is 10.3. The fourth-order valence-corrected chi connectivity index (χ4v) is 1.86. The summed E-state index contributed by atoms with van der Waals surface area (Å²) < 4.78 is 5.59. The van der Waals surface area contributed by atoms with Crippen LogP contribution in [0.5, 0.6) is 0 Å². The zero-order chi connectivity index (χ0) is 10.6. The Balaban J connectivity index is 2.61. The number of hydrogen-bond acceptors (Lipinski definition) is 3. The predicted octanol–water partition coefficient (Wildman–Crippen LogP) is -1.37. The van der Waals surface area contributed by atoms with Crippen molar-refractivity contribution >= 4 is 5.91 Å². The van der Waals surface area contributed by atoms with Crippen LogP contribution in [0.2, 0.25) is 0 Å². The molecule has 0 bridgehead atoms. The van der Waals surface area contributed by atoms with Gasteiger partial charge in [0.05, 0.1) is 19.8 Å². The van der Waals surface area contributed by atoms with Crippen LogP contribution in [0.25, 0.3) is 0 Å². The highest BCUT2D eigenvalue weighted by Gasteiger charge is 2.31. The van der Waals surface area contributed by atoms with Crippen molar-refractivity contribution in [3.8, 4) is 0 Å². The lowest BCUT2D eigenvalue weighted by molar-refractivity contribution is -0.974. The maximum absolute atomic E-state index is 11.2. The Morgan fingerprint density at radius 2 is 2.14 bits per heavy atom. The molecular formula is C9H18N2O3. The van der Waals surface area contributed by atoms with Crippen molar-refractivity contribution in [2.45, 2.75) is 20.0 Å². The molecule has 0 saturated carbocycles. The average molecular weight is 202 g/mol. The summed E-state index contributed by atoms with van der Waals surface area (Å²) >= 11 is 0. The molecule has 1 N–H and O–H groups in total. The Morgan fingerprint density at radius 3 is 2.57 bits per heavy atom. The molecule has 1 saturated heterocycles. The standard InChI is InChI=1S/C9H18N2O3/c1-8(12)7-11(10-9(2)13)3-5-14-6-4-11/h8H,3-7H2,1-2H3,(H,10,13). The molecular weight excluding hydrogens is 184 g/mol. The molecule has 0 radical (unpaired) electrons. The van der Waals surface area contributed by atoms with Crippen LogP contribution in [0, 0.1) is 0 Å². The maximum Gasteiger partial charge on any atom is 0.261 e. The third-order valence-corrected chi connectivity index (χ3v) is 2.33. The Morgan fingerprint density at radius 1 is 1.57 bits per heavy atom. The third kappa shape index (κ3) is 3.25. The normalized spacial score (nSPS) is 22.8. The van der Waals surface area contributed by atoms with Crippen LogP contribution in [-0.2, 0) is 9.53 Å². The number of morpholine rings is 1. The summed E-state index contributed by atoms with van der Waals surface area (Å²) in [5.74, 6) is -0.0902. The van der Waals surface area contributed by atoms with E-state index in [1.165, 1.54) is 6.92 Å². The van der Waals surface area contributed by atoms with Crippen molar-refractivity contribution in [3.63, 3.8) is 0 Å². The number of carbonyl (C=O) groups is 1. The Labute approximate surface area is 84.2 Å². The van der Waals surface area contributed by atoms with Crippen molar-refractivity contribution in [3.05, 3.63) is 0 Å². The molecule has 0 aromatic heterocycles. The van der Waals surface area contributed by atoms with Gasteiger partial charge in [0.25, 0.3) is 5.91 Å². The zero-order valence-corrected chi connectivity index (χ0v) is 8.78. The van der Waals surface area contributed by atoms with Gasteiger partial charge in [-0.2, -0.15) is 0 Å². The summed E-state index contributed by atoms with van der Waals surface area (Å²) in [7, 11) is 0. The lowest BCUT2D eigenvalue weighted by Gasteiger charge is -2.42. The van der Waals surface area contributed by atoms with Crippen molar-refractivity contribution in [1.29, 1.82) is 0 Å². The first-order chi connectivity index (χ1) is 6.54. The van der Waals surface area contributed by atoms with Gasteiger partial charge in [-0.3, -0.25) is 4.79 Å². The number of nitrogens with zero attached hydrogens (tertiary/aromatic N) is 1. The van der Waals surface area contributed by atoms with Gasteiger partial charge in [-0.25, -0.2) is 10.0 Å². The van der Waals surface area contributed by atoms with Crippen molar-refractivity contribution in [2.75, 3.05) is 32.8 Å². The van der Waals surface area contributed by atoms with E-state index in [0.29, 0.717) is 37.4 Å². The topological polar surface area (TPSA) is 61.4 Å². The molecule has 1 aliphatic heterocycles. The van der Waals surface area contributed by atoms with E-state index in [-0.39, 0.29) is 5.91 Å². The zero-order valence-electron chi connectivity index (χ0n) is 8.78. The second kappa shape index (κ2) is 4.72. The molecule has 1 atom stereocenters. The minimum atomic E-state index is -0.667. The number of ether oxygens (including phenoxy) is 1. The second-order valence-corrected chi connectivity index (χ2v) is 3.87. The van der Waals surface area contributed by atoms with Gasteiger partial charge in [0.1, 0.15) is 13.1 Å². The number of nitrogens with one attached hydrogen (secondary N) is 1. The Bertz CT molecular complexity index is 200. The quantitative estimate of drug-likeness (QED) is 0.575. The highest BCUT2D eigenvalue weighted by molar-refractivity contribution is 5.71. The SMILES string of the molecule is CC(=O)N[N+]1(CC(C)[O-])CCOCC1. The average Bonchev–Trinajstić information content (AvgIpc) is 2.01. The highest BCUT2D eigenvalue weighted by atomic mass is 16.5. The van der Waals surface area contributed by atoms with Gasteiger partial charge < -0.3 is 9.84 Å². The molecule has 14 heavy (non-hydrogen) atoms. The van der Waals surface area contributed by atoms with E-state index in [0.717, 1.165) is 0 Å². The molecule has 1 fully saturated rings. The van der Waals surface area contributed by atoms with Crippen molar-refractivity contribution in [2.24, 2.45) is 0 Å². The minimum Gasteiger partial charge on any atom is -0.848 e. The van der Waals surface area contributed by atoms with Crippen LogP contribution in [-0.4, -0.2) is 49.5 Å². The molecule has 1 heterocycles. The second-order valence-electron chi connectivity index (χ2n) is 3.87. The van der Waals surface area contributed by atoms with Crippen molar-refractivity contribution < 1.29 is 19.2 Å². The van der Waals surface area contributed by atoms with E-state index < -0.39 is 6.10 Å². The number of rotatable bonds is 3. The first-order valence-electron chi connectivity index (χ1n) is 4.93. The fraction of sp³-hybridized carbons (Fsp3) is 0.889. The van der Waals surface area contributed by atoms with Crippen molar-refractivity contribution in [1.82, 2.24) is 5.43 Å². The van der Waals surface area contributed by atoms with Crippen LogP contribution in [0.1, 0.15) is 13.8 Å². The minimum absolute atomic E-state index is 0.0902. The number of amides is 1. The van der Waals surface area contributed by atoms with Crippen LogP contribution >= 0.6 is 0 Å². The Kier molecular flexibility index (Phi) is 3.86. The lowest BCUT2D eigenvalue weighted by Crippen LogP contribution is -2.67. The number of carbonyl (C=O) groups excluding carboxylic acids is 1. The first kappa shape index (κ1) is 11.4. The summed E-state index contributed by atoms with van der Waals surface area (Å²) in [6, 6.07) is 0. The van der Waals surface area contributed by atoms with E-state index in [2.05, 4.69) is 5.43 Å². The van der Waals surface area contributed by atoms with E-state index in [1.807, 2.05) is 0 Å². The number of hydrogen-bond donors (Lipinski definition) is 1. The van der Waals surface area contributed by atoms with Crippen LogP contribution in [0.15, 0.2) is 0 Å². The maximum atomic E-state index is 11.2. The van der Waals surface area contributed by atoms with Crippen LogP contribution in [0.3, 0.4) is 0 Å². The van der Waals surface area contributed by atoms with Gasteiger partial charge >= 0.3 is 0 Å². The largest absolute Gasteiger partial charge is 0.848 e. The molecule has 1 unspecified atom stereocenters. The van der Waals surface area contributed by atoms with Crippen LogP contribution in [0.4, 0.5) is 0 Å². The van der Waals surface area contributed by atoms with Gasteiger partial charge in [0.2, 0.25) is 0 Å². The van der Waals surface area contributed by atoms with E-state index in [9.17, 15) is 9.90 Å². The summed E-state index contributed by atoms with van der Waals surface area (Å²) in [5, 5.41) is 11.2. The third-order valence-electron chi connectivity index (χ3n) is 2.33. The summed E-state index contributed by atoms with van der Waals surface area (Å²) in [6.07, 6.45) is -0.667.